The van der Waals surface area contributed by atoms with Gasteiger partial charge in [-0.05, 0) is 35.7 Å². The van der Waals surface area contributed by atoms with Crippen LogP contribution in [-0.4, -0.2) is 16.7 Å². The fourth-order valence-electron chi connectivity index (χ4n) is 1.98. The molecule has 0 aliphatic heterocycles. The summed E-state index contributed by atoms with van der Waals surface area (Å²) in [6, 6.07) is 11.5. The molecule has 2 rings (SSSR count). The molecule has 1 aromatic heterocycles. The second kappa shape index (κ2) is 7.65. The van der Waals surface area contributed by atoms with Crippen LogP contribution >= 0.6 is 0 Å². The molecule has 0 bridgehead atoms. The predicted molar refractivity (Wildman–Crippen MR) is 79.7 cm³/mol. The number of hydrogen-bond donors (Lipinski definition) is 1. The molecule has 0 aliphatic carbocycles. The lowest BCUT2D eigenvalue weighted by Crippen LogP contribution is -2.02. The van der Waals surface area contributed by atoms with Gasteiger partial charge in [0.15, 0.2) is 0 Å². The highest BCUT2D eigenvalue weighted by Crippen LogP contribution is 2.21. The number of hydrogen-bond acceptors (Lipinski definition) is 3. The molecule has 3 nitrogen and oxygen atoms in total. The number of rotatable bonds is 7. The molecule has 0 aliphatic rings. The predicted octanol–water partition coefficient (Wildman–Crippen LogP) is 3.54. The minimum atomic E-state index is -0.510. The van der Waals surface area contributed by atoms with E-state index >= 15 is 0 Å². The Labute approximate surface area is 120 Å². The lowest BCUT2D eigenvalue weighted by atomic mass is 10.0. The zero-order chi connectivity index (χ0) is 14.2. The molecule has 0 saturated heterocycles. The normalized spacial score (nSPS) is 12.1. The molecule has 0 spiro atoms. The molecule has 0 saturated carbocycles. The first kappa shape index (κ1) is 14.5. The molecule has 20 heavy (non-hydrogen) atoms. The standard InChI is InChI=1S/C17H21NO2/c1-2-3-11-20-16-8-6-15(7-9-16)17(19)12-14-5-4-10-18-13-14/h4-10,13,17,19H,2-3,11-12H2,1H3. The molecule has 106 valence electrons. The Hall–Kier alpha value is -1.87. The third-order valence-corrected chi connectivity index (χ3v) is 3.18. The van der Waals surface area contributed by atoms with Gasteiger partial charge in [-0.15, -0.1) is 0 Å². The third-order valence-electron chi connectivity index (χ3n) is 3.18. The Bertz CT molecular complexity index is 496. The SMILES string of the molecule is CCCCOc1ccc(C(O)Cc2cccnc2)cc1. The second-order valence-electron chi connectivity index (χ2n) is 4.85. The molecule has 1 heterocycles. The zero-order valence-corrected chi connectivity index (χ0v) is 11.8. The largest absolute Gasteiger partial charge is 0.494 e. The summed E-state index contributed by atoms with van der Waals surface area (Å²) in [5.41, 5.74) is 1.93. The van der Waals surface area contributed by atoms with E-state index in [9.17, 15) is 5.11 Å². The third kappa shape index (κ3) is 4.35. The van der Waals surface area contributed by atoms with Crippen LogP contribution in [0.25, 0.3) is 0 Å². The Balaban J connectivity index is 1.92. The maximum Gasteiger partial charge on any atom is 0.119 e. The molecule has 1 atom stereocenters. The van der Waals surface area contributed by atoms with Crippen molar-refractivity contribution < 1.29 is 9.84 Å². The molecule has 0 fully saturated rings. The van der Waals surface area contributed by atoms with Crippen molar-refractivity contribution in [3.05, 3.63) is 59.9 Å². The summed E-state index contributed by atoms with van der Waals surface area (Å²) in [5.74, 6) is 0.857. The molecule has 2 aromatic rings. The Morgan fingerprint density at radius 2 is 2.00 bits per heavy atom. The summed E-state index contributed by atoms with van der Waals surface area (Å²) in [6.45, 7) is 2.88. The van der Waals surface area contributed by atoms with E-state index < -0.39 is 6.10 Å². The minimum Gasteiger partial charge on any atom is -0.494 e. The van der Waals surface area contributed by atoms with Gasteiger partial charge in [-0.3, -0.25) is 4.98 Å². The summed E-state index contributed by atoms with van der Waals surface area (Å²) in [4.78, 5) is 4.06. The van der Waals surface area contributed by atoms with Gasteiger partial charge in [0, 0.05) is 18.8 Å². The minimum absolute atomic E-state index is 0.510. The highest BCUT2D eigenvalue weighted by atomic mass is 16.5. The number of aliphatic hydroxyl groups is 1. The quantitative estimate of drug-likeness (QED) is 0.783. The molecule has 1 N–H and O–H groups in total. The van der Waals surface area contributed by atoms with E-state index in [4.69, 9.17) is 4.74 Å². The average Bonchev–Trinajstić information content (AvgIpc) is 2.49. The van der Waals surface area contributed by atoms with Crippen LogP contribution < -0.4 is 4.74 Å². The van der Waals surface area contributed by atoms with Crippen LogP contribution in [0, 0.1) is 0 Å². The summed E-state index contributed by atoms with van der Waals surface area (Å²) in [7, 11) is 0. The van der Waals surface area contributed by atoms with E-state index in [1.165, 1.54) is 0 Å². The maximum absolute atomic E-state index is 10.2. The molecule has 1 unspecified atom stereocenters. The molecule has 0 amide bonds. The molecule has 3 heteroatoms. The van der Waals surface area contributed by atoms with Crippen molar-refractivity contribution in [2.24, 2.45) is 0 Å². The molecule has 1 aromatic carbocycles. The van der Waals surface area contributed by atoms with E-state index in [0.717, 1.165) is 36.3 Å². The van der Waals surface area contributed by atoms with Gasteiger partial charge in [0.1, 0.15) is 5.75 Å². The zero-order valence-electron chi connectivity index (χ0n) is 11.8. The van der Waals surface area contributed by atoms with Gasteiger partial charge in [-0.25, -0.2) is 0 Å². The number of aromatic nitrogens is 1. The van der Waals surface area contributed by atoms with E-state index in [2.05, 4.69) is 11.9 Å². The van der Waals surface area contributed by atoms with Crippen LogP contribution in [0.3, 0.4) is 0 Å². The Morgan fingerprint density at radius 3 is 2.65 bits per heavy atom. The fraction of sp³-hybridized carbons (Fsp3) is 0.353. The first-order chi connectivity index (χ1) is 9.79. The van der Waals surface area contributed by atoms with Gasteiger partial charge in [-0.2, -0.15) is 0 Å². The highest BCUT2D eigenvalue weighted by molar-refractivity contribution is 5.29. The van der Waals surface area contributed by atoms with Crippen molar-refractivity contribution in [2.75, 3.05) is 6.61 Å². The van der Waals surface area contributed by atoms with Crippen molar-refractivity contribution >= 4 is 0 Å². The van der Waals surface area contributed by atoms with E-state index in [-0.39, 0.29) is 0 Å². The molecular formula is C17H21NO2. The summed E-state index contributed by atoms with van der Waals surface area (Å²) >= 11 is 0. The average molecular weight is 271 g/mol. The topological polar surface area (TPSA) is 42.4 Å². The lowest BCUT2D eigenvalue weighted by Gasteiger charge is -2.12. The second-order valence-corrected chi connectivity index (χ2v) is 4.85. The van der Waals surface area contributed by atoms with Crippen LogP contribution in [-0.2, 0) is 6.42 Å². The highest BCUT2D eigenvalue weighted by Gasteiger charge is 2.08. The van der Waals surface area contributed by atoms with Gasteiger partial charge in [0.2, 0.25) is 0 Å². The van der Waals surface area contributed by atoms with Crippen molar-refractivity contribution in [1.29, 1.82) is 0 Å². The first-order valence-corrected chi connectivity index (χ1v) is 7.09. The van der Waals surface area contributed by atoms with Crippen LogP contribution in [0.4, 0.5) is 0 Å². The van der Waals surface area contributed by atoms with Gasteiger partial charge in [0.05, 0.1) is 12.7 Å². The van der Waals surface area contributed by atoms with Crippen molar-refractivity contribution in [1.82, 2.24) is 4.98 Å². The van der Waals surface area contributed by atoms with Crippen LogP contribution in [0.5, 0.6) is 5.75 Å². The number of ether oxygens (including phenoxy) is 1. The van der Waals surface area contributed by atoms with Crippen LogP contribution in [0.15, 0.2) is 48.8 Å². The van der Waals surface area contributed by atoms with E-state index in [0.29, 0.717) is 6.42 Å². The van der Waals surface area contributed by atoms with Gasteiger partial charge < -0.3 is 9.84 Å². The molecule has 0 radical (unpaired) electrons. The van der Waals surface area contributed by atoms with Crippen LogP contribution in [0.2, 0.25) is 0 Å². The lowest BCUT2D eigenvalue weighted by molar-refractivity contribution is 0.178. The number of benzene rings is 1. The number of unbranched alkanes of at least 4 members (excludes halogenated alkanes) is 1. The van der Waals surface area contributed by atoms with Gasteiger partial charge >= 0.3 is 0 Å². The smallest absolute Gasteiger partial charge is 0.119 e. The molecular weight excluding hydrogens is 250 g/mol. The van der Waals surface area contributed by atoms with E-state index in [1.54, 1.807) is 12.4 Å². The first-order valence-electron chi connectivity index (χ1n) is 7.09. The summed E-state index contributed by atoms with van der Waals surface area (Å²) < 4.78 is 5.61. The fourth-order valence-corrected chi connectivity index (χ4v) is 1.98. The van der Waals surface area contributed by atoms with Crippen molar-refractivity contribution in [3.8, 4) is 5.75 Å². The number of nitrogens with zero attached hydrogens (tertiary/aromatic N) is 1. The Kier molecular flexibility index (Phi) is 5.56. The van der Waals surface area contributed by atoms with Crippen molar-refractivity contribution in [2.45, 2.75) is 32.3 Å². The van der Waals surface area contributed by atoms with Gasteiger partial charge in [-0.1, -0.05) is 31.5 Å². The number of aliphatic hydroxyl groups excluding tert-OH is 1. The van der Waals surface area contributed by atoms with E-state index in [1.807, 2.05) is 36.4 Å². The van der Waals surface area contributed by atoms with Crippen molar-refractivity contribution in [3.63, 3.8) is 0 Å². The summed E-state index contributed by atoms with van der Waals surface area (Å²) in [5, 5.41) is 10.2. The monoisotopic (exact) mass is 271 g/mol. The number of pyridine rings is 1. The van der Waals surface area contributed by atoms with Crippen LogP contribution in [0.1, 0.15) is 37.0 Å². The summed E-state index contributed by atoms with van der Waals surface area (Å²) in [6.07, 6.45) is 5.77. The maximum atomic E-state index is 10.2. The Morgan fingerprint density at radius 1 is 1.20 bits per heavy atom. The van der Waals surface area contributed by atoms with Gasteiger partial charge in [0.25, 0.3) is 0 Å².